The average Bonchev–Trinajstić information content (AvgIpc) is 3.17. The first-order valence-electron chi connectivity index (χ1n) is 10.3. The lowest BCUT2D eigenvalue weighted by Gasteiger charge is -2.33. The van der Waals surface area contributed by atoms with Gasteiger partial charge in [0.25, 0.3) is 5.91 Å². The predicted octanol–water partition coefficient (Wildman–Crippen LogP) is 3.24. The van der Waals surface area contributed by atoms with E-state index in [4.69, 9.17) is 0 Å². The zero-order chi connectivity index (χ0) is 20.8. The van der Waals surface area contributed by atoms with Crippen molar-refractivity contribution in [3.8, 4) is 0 Å². The van der Waals surface area contributed by atoms with Crippen molar-refractivity contribution in [3.63, 3.8) is 0 Å². The van der Waals surface area contributed by atoms with Crippen LogP contribution in [0.25, 0.3) is 0 Å². The number of rotatable bonds is 6. The summed E-state index contributed by atoms with van der Waals surface area (Å²) in [4.78, 5) is 26.8. The van der Waals surface area contributed by atoms with Gasteiger partial charge in [0, 0.05) is 42.8 Å². The SMILES string of the molecule is CC(C)n1cnnc1CCNC(=O)Nc1ccc(C(=O)N2CCCC[C@H]2C)cc1. The first-order chi connectivity index (χ1) is 14.0. The molecule has 1 fully saturated rings. The van der Waals surface area contributed by atoms with Gasteiger partial charge in [0.15, 0.2) is 0 Å². The van der Waals surface area contributed by atoms with Crippen molar-refractivity contribution in [2.24, 2.45) is 0 Å². The van der Waals surface area contributed by atoms with Gasteiger partial charge in [0.2, 0.25) is 0 Å². The van der Waals surface area contributed by atoms with Crippen LogP contribution in [0.3, 0.4) is 0 Å². The molecule has 0 unspecified atom stereocenters. The number of anilines is 1. The number of hydrogen-bond donors (Lipinski definition) is 2. The van der Waals surface area contributed by atoms with Crippen LogP contribution in [-0.4, -0.2) is 50.7 Å². The zero-order valence-corrected chi connectivity index (χ0v) is 17.4. The van der Waals surface area contributed by atoms with Gasteiger partial charge in [0.1, 0.15) is 12.2 Å². The average molecular weight is 399 g/mol. The lowest BCUT2D eigenvalue weighted by molar-refractivity contribution is 0.0635. The van der Waals surface area contributed by atoms with Crippen LogP contribution in [0.5, 0.6) is 0 Å². The molecule has 1 atom stereocenters. The first-order valence-corrected chi connectivity index (χ1v) is 10.3. The van der Waals surface area contributed by atoms with Crippen molar-refractivity contribution >= 4 is 17.6 Å². The zero-order valence-electron chi connectivity index (χ0n) is 17.4. The third kappa shape index (κ3) is 5.34. The number of piperidine rings is 1. The topological polar surface area (TPSA) is 92.1 Å². The van der Waals surface area contributed by atoms with Gasteiger partial charge in [-0.15, -0.1) is 10.2 Å². The molecule has 1 saturated heterocycles. The Hall–Kier alpha value is -2.90. The van der Waals surface area contributed by atoms with Gasteiger partial charge >= 0.3 is 6.03 Å². The molecule has 2 aromatic rings. The molecule has 1 aliphatic rings. The van der Waals surface area contributed by atoms with Crippen molar-refractivity contribution in [1.29, 1.82) is 0 Å². The van der Waals surface area contributed by atoms with Crippen molar-refractivity contribution in [2.45, 2.75) is 58.5 Å². The second kappa shape index (κ2) is 9.54. The Morgan fingerprint density at radius 3 is 2.66 bits per heavy atom. The van der Waals surface area contributed by atoms with Gasteiger partial charge in [-0.25, -0.2) is 4.79 Å². The van der Waals surface area contributed by atoms with E-state index >= 15 is 0 Å². The Bertz CT molecular complexity index is 830. The number of carbonyl (C=O) groups is 2. The molecule has 1 aromatic heterocycles. The third-order valence-corrected chi connectivity index (χ3v) is 5.29. The molecular formula is C21H30N6O2. The molecule has 0 saturated carbocycles. The highest BCUT2D eigenvalue weighted by Crippen LogP contribution is 2.20. The second-order valence-electron chi connectivity index (χ2n) is 7.80. The molecule has 8 heteroatoms. The van der Waals surface area contributed by atoms with Crippen LogP contribution in [0.2, 0.25) is 0 Å². The van der Waals surface area contributed by atoms with E-state index in [0.29, 0.717) is 24.2 Å². The number of nitrogens with zero attached hydrogens (tertiary/aromatic N) is 4. The summed E-state index contributed by atoms with van der Waals surface area (Å²) >= 11 is 0. The van der Waals surface area contributed by atoms with E-state index in [2.05, 4.69) is 41.6 Å². The Labute approximate surface area is 171 Å². The number of nitrogens with one attached hydrogen (secondary N) is 2. The minimum Gasteiger partial charge on any atom is -0.337 e. The predicted molar refractivity (Wildman–Crippen MR) is 112 cm³/mol. The van der Waals surface area contributed by atoms with E-state index in [0.717, 1.165) is 25.2 Å². The van der Waals surface area contributed by atoms with Crippen LogP contribution in [0.15, 0.2) is 30.6 Å². The monoisotopic (exact) mass is 398 g/mol. The molecule has 0 spiro atoms. The summed E-state index contributed by atoms with van der Waals surface area (Å²) in [5, 5.41) is 13.6. The highest BCUT2D eigenvalue weighted by atomic mass is 16.2. The number of urea groups is 1. The molecule has 3 rings (SSSR count). The molecule has 156 valence electrons. The van der Waals surface area contributed by atoms with Crippen molar-refractivity contribution in [1.82, 2.24) is 25.0 Å². The van der Waals surface area contributed by atoms with Gasteiger partial charge in [-0.3, -0.25) is 4.79 Å². The normalized spacial score (nSPS) is 16.7. The van der Waals surface area contributed by atoms with Gasteiger partial charge in [-0.1, -0.05) is 0 Å². The molecule has 0 aliphatic carbocycles. The molecular weight excluding hydrogens is 368 g/mol. The molecule has 0 bridgehead atoms. The maximum absolute atomic E-state index is 12.7. The summed E-state index contributed by atoms with van der Waals surface area (Å²) in [6.07, 6.45) is 5.60. The molecule has 2 heterocycles. The largest absolute Gasteiger partial charge is 0.337 e. The number of carbonyl (C=O) groups excluding carboxylic acids is 2. The molecule has 29 heavy (non-hydrogen) atoms. The fourth-order valence-corrected chi connectivity index (χ4v) is 3.60. The molecule has 1 aliphatic heterocycles. The molecule has 8 nitrogen and oxygen atoms in total. The first kappa shape index (κ1) is 20.8. The molecule has 3 amide bonds. The summed E-state index contributed by atoms with van der Waals surface area (Å²) in [6.45, 7) is 7.50. The Morgan fingerprint density at radius 1 is 1.21 bits per heavy atom. The smallest absolute Gasteiger partial charge is 0.319 e. The second-order valence-corrected chi connectivity index (χ2v) is 7.80. The van der Waals surface area contributed by atoms with Gasteiger partial charge < -0.3 is 20.1 Å². The minimum atomic E-state index is -0.288. The number of likely N-dealkylation sites (tertiary alicyclic amines) is 1. The summed E-state index contributed by atoms with van der Waals surface area (Å²) in [5.74, 6) is 0.901. The van der Waals surface area contributed by atoms with Crippen molar-refractivity contribution in [3.05, 3.63) is 42.0 Å². The number of benzene rings is 1. The van der Waals surface area contributed by atoms with E-state index in [1.54, 1.807) is 30.6 Å². The summed E-state index contributed by atoms with van der Waals surface area (Å²) in [7, 11) is 0. The standard InChI is InChI=1S/C21H30N6O2/c1-15(2)27-14-23-25-19(27)11-12-22-21(29)24-18-9-7-17(8-10-18)20(28)26-13-5-4-6-16(26)3/h7-10,14-16H,4-6,11-13H2,1-3H3,(H2,22,24,29)/t16-/m1/s1. The van der Waals surface area contributed by atoms with E-state index in [1.165, 1.54) is 6.42 Å². The van der Waals surface area contributed by atoms with Crippen LogP contribution in [0, 0.1) is 0 Å². The Kier molecular flexibility index (Phi) is 6.85. The molecule has 0 radical (unpaired) electrons. The van der Waals surface area contributed by atoms with Gasteiger partial charge in [0.05, 0.1) is 0 Å². The summed E-state index contributed by atoms with van der Waals surface area (Å²) in [5.41, 5.74) is 1.30. The number of amides is 3. The molecule has 1 aromatic carbocycles. The number of hydrogen-bond acceptors (Lipinski definition) is 4. The third-order valence-electron chi connectivity index (χ3n) is 5.29. The van der Waals surface area contributed by atoms with E-state index in [9.17, 15) is 9.59 Å². The van der Waals surface area contributed by atoms with Crippen LogP contribution in [0.1, 0.15) is 62.3 Å². The van der Waals surface area contributed by atoms with Crippen LogP contribution in [0.4, 0.5) is 10.5 Å². The van der Waals surface area contributed by atoms with Crippen LogP contribution in [-0.2, 0) is 6.42 Å². The van der Waals surface area contributed by atoms with E-state index in [-0.39, 0.29) is 24.0 Å². The maximum Gasteiger partial charge on any atom is 0.319 e. The Balaban J connectivity index is 1.48. The maximum atomic E-state index is 12.7. The summed E-state index contributed by atoms with van der Waals surface area (Å²) < 4.78 is 1.98. The van der Waals surface area contributed by atoms with Crippen molar-refractivity contribution in [2.75, 3.05) is 18.4 Å². The van der Waals surface area contributed by atoms with Gasteiger partial charge in [-0.2, -0.15) is 0 Å². The highest BCUT2D eigenvalue weighted by Gasteiger charge is 2.24. The lowest BCUT2D eigenvalue weighted by atomic mass is 10.0. The van der Waals surface area contributed by atoms with Crippen molar-refractivity contribution < 1.29 is 9.59 Å². The molecule has 2 N–H and O–H groups in total. The van der Waals surface area contributed by atoms with Gasteiger partial charge in [-0.05, 0) is 64.3 Å². The Morgan fingerprint density at radius 2 is 1.97 bits per heavy atom. The van der Waals surface area contributed by atoms with Crippen LogP contribution < -0.4 is 10.6 Å². The summed E-state index contributed by atoms with van der Waals surface area (Å²) in [6, 6.07) is 7.33. The van der Waals surface area contributed by atoms with E-state index < -0.39 is 0 Å². The lowest BCUT2D eigenvalue weighted by Crippen LogP contribution is -2.42. The van der Waals surface area contributed by atoms with Crippen LogP contribution >= 0.6 is 0 Å². The van der Waals surface area contributed by atoms with E-state index in [1.807, 2.05) is 9.47 Å². The highest BCUT2D eigenvalue weighted by molar-refractivity contribution is 5.95. The fourth-order valence-electron chi connectivity index (χ4n) is 3.60. The fraction of sp³-hybridized carbons (Fsp3) is 0.524. The quantitative estimate of drug-likeness (QED) is 0.781. The minimum absolute atomic E-state index is 0.0578. The number of aromatic nitrogens is 3.